The molecule has 0 amide bonds. The van der Waals surface area contributed by atoms with Crippen LogP contribution < -0.4 is 0 Å². The van der Waals surface area contributed by atoms with Gasteiger partial charge in [0.2, 0.25) is 0 Å². The second-order valence-electron chi connectivity index (χ2n) is 6.87. The first-order valence-electron chi connectivity index (χ1n) is 8.36. The van der Waals surface area contributed by atoms with Gasteiger partial charge in [0, 0.05) is 13.0 Å². The fourth-order valence-electron chi connectivity index (χ4n) is 3.30. The SMILES string of the molecule is Cn1nc(-c2ccc(C(=O)C3CCC(O)(C(F)(F)F)CC3)s2)cc1C(F)(F)F. The summed E-state index contributed by atoms with van der Waals surface area (Å²) in [5.41, 5.74) is -3.64. The summed E-state index contributed by atoms with van der Waals surface area (Å²) in [7, 11) is 1.16. The average molecular weight is 426 g/mol. The standard InChI is InChI=1S/C17H16F6N2O2S/c1-25-13(16(18,19)20)8-10(24-25)11-2-3-12(28-11)14(26)9-4-6-15(27,7-5-9)17(21,22)23/h2-3,8-9,27H,4-7H2,1H3. The van der Waals surface area contributed by atoms with Gasteiger partial charge in [0.25, 0.3) is 0 Å². The van der Waals surface area contributed by atoms with Crippen molar-refractivity contribution in [1.82, 2.24) is 9.78 Å². The minimum absolute atomic E-state index is 0.0639. The Bertz CT molecular complexity index is 875. The van der Waals surface area contributed by atoms with E-state index in [1.165, 1.54) is 12.1 Å². The highest BCUT2D eigenvalue weighted by Crippen LogP contribution is 2.44. The first-order chi connectivity index (χ1) is 12.8. The Morgan fingerprint density at radius 3 is 2.32 bits per heavy atom. The number of halogens is 6. The number of carbonyl (C=O) groups excluding carboxylic acids is 1. The lowest BCUT2D eigenvalue weighted by Gasteiger charge is -2.36. The van der Waals surface area contributed by atoms with Crippen LogP contribution in [0.1, 0.15) is 41.0 Å². The molecular weight excluding hydrogens is 410 g/mol. The first kappa shape index (κ1) is 20.8. The van der Waals surface area contributed by atoms with Gasteiger partial charge in [-0.25, -0.2) is 0 Å². The van der Waals surface area contributed by atoms with Crippen molar-refractivity contribution in [3.05, 3.63) is 28.8 Å². The molecule has 28 heavy (non-hydrogen) atoms. The summed E-state index contributed by atoms with van der Waals surface area (Å²) in [6.07, 6.45) is -10.6. The molecule has 0 atom stereocenters. The number of thiophene rings is 1. The van der Waals surface area contributed by atoms with Crippen LogP contribution in [0.4, 0.5) is 26.3 Å². The molecule has 3 rings (SSSR count). The lowest BCUT2D eigenvalue weighted by molar-refractivity contribution is -0.271. The molecule has 0 radical (unpaired) electrons. The average Bonchev–Trinajstić information content (AvgIpc) is 3.20. The molecule has 2 heterocycles. The van der Waals surface area contributed by atoms with Crippen LogP contribution in [0.5, 0.6) is 0 Å². The fraction of sp³-hybridized carbons (Fsp3) is 0.529. The number of hydrogen-bond donors (Lipinski definition) is 1. The molecule has 0 aliphatic heterocycles. The quantitative estimate of drug-likeness (QED) is 0.565. The van der Waals surface area contributed by atoms with Gasteiger partial charge in [0.15, 0.2) is 11.4 Å². The summed E-state index contributed by atoms with van der Waals surface area (Å²) < 4.78 is 78.0. The van der Waals surface area contributed by atoms with Crippen LogP contribution in [-0.2, 0) is 13.2 Å². The zero-order chi connectivity index (χ0) is 20.9. The zero-order valence-electron chi connectivity index (χ0n) is 14.6. The lowest BCUT2D eigenvalue weighted by atomic mass is 9.76. The van der Waals surface area contributed by atoms with Gasteiger partial charge in [-0.1, -0.05) is 0 Å². The van der Waals surface area contributed by atoms with Gasteiger partial charge in [-0.05, 0) is 43.9 Å². The Kier molecular flexibility index (Phi) is 5.11. The van der Waals surface area contributed by atoms with Gasteiger partial charge in [-0.2, -0.15) is 31.4 Å². The largest absolute Gasteiger partial charge is 0.433 e. The highest BCUT2D eigenvalue weighted by Gasteiger charge is 2.55. The van der Waals surface area contributed by atoms with Gasteiger partial charge < -0.3 is 5.11 Å². The molecule has 0 bridgehead atoms. The highest BCUT2D eigenvalue weighted by molar-refractivity contribution is 7.17. The molecule has 1 fully saturated rings. The van der Waals surface area contributed by atoms with Crippen LogP contribution in [0, 0.1) is 5.92 Å². The Labute approximate surface area is 159 Å². The molecule has 0 spiro atoms. The summed E-state index contributed by atoms with van der Waals surface area (Å²) in [4.78, 5) is 13.2. The predicted octanol–water partition coefficient (Wildman–Crippen LogP) is 4.83. The van der Waals surface area contributed by atoms with E-state index in [2.05, 4.69) is 5.10 Å². The molecule has 0 unspecified atom stereocenters. The summed E-state index contributed by atoms with van der Waals surface area (Å²) >= 11 is 0.948. The molecule has 2 aromatic rings. The van der Waals surface area contributed by atoms with Crippen LogP contribution in [0.2, 0.25) is 0 Å². The minimum Gasteiger partial charge on any atom is -0.380 e. The van der Waals surface area contributed by atoms with E-state index in [0.717, 1.165) is 24.5 Å². The van der Waals surface area contributed by atoms with E-state index in [4.69, 9.17) is 0 Å². The minimum atomic E-state index is -4.74. The molecule has 1 aliphatic carbocycles. The van der Waals surface area contributed by atoms with Gasteiger partial charge >= 0.3 is 12.4 Å². The van der Waals surface area contributed by atoms with Gasteiger partial charge in [-0.3, -0.25) is 9.48 Å². The van der Waals surface area contributed by atoms with Crippen molar-refractivity contribution >= 4 is 17.1 Å². The monoisotopic (exact) mass is 426 g/mol. The molecule has 0 saturated heterocycles. The van der Waals surface area contributed by atoms with Crippen molar-refractivity contribution in [2.45, 2.75) is 43.6 Å². The van der Waals surface area contributed by atoms with Gasteiger partial charge in [0.05, 0.1) is 9.75 Å². The topological polar surface area (TPSA) is 55.1 Å². The summed E-state index contributed by atoms with van der Waals surface area (Å²) in [6, 6.07) is 3.79. The molecule has 1 aliphatic rings. The third kappa shape index (κ3) is 3.82. The number of aryl methyl sites for hydroxylation is 1. The van der Waals surface area contributed by atoms with Crippen LogP contribution in [0.15, 0.2) is 18.2 Å². The van der Waals surface area contributed by atoms with Crippen LogP contribution in [-0.4, -0.2) is 32.4 Å². The van der Waals surface area contributed by atoms with E-state index >= 15 is 0 Å². The number of carbonyl (C=O) groups is 1. The first-order valence-corrected chi connectivity index (χ1v) is 9.18. The molecule has 154 valence electrons. The Hall–Kier alpha value is -1.88. The fourth-order valence-corrected chi connectivity index (χ4v) is 4.28. The van der Waals surface area contributed by atoms with Crippen LogP contribution in [0.25, 0.3) is 10.6 Å². The van der Waals surface area contributed by atoms with E-state index in [1.807, 2.05) is 0 Å². The molecule has 1 saturated carbocycles. The third-order valence-corrected chi connectivity index (χ3v) is 6.11. The summed E-state index contributed by atoms with van der Waals surface area (Å²) in [5.74, 6) is -1.03. The Morgan fingerprint density at radius 1 is 1.21 bits per heavy atom. The van der Waals surface area contributed by atoms with Crippen molar-refractivity contribution in [2.75, 3.05) is 0 Å². The van der Waals surface area contributed by atoms with E-state index < -0.39 is 42.4 Å². The number of Topliss-reactive ketones (excluding diaryl/α,β-unsaturated/α-hetero) is 1. The number of rotatable bonds is 3. The second kappa shape index (κ2) is 6.87. The highest BCUT2D eigenvalue weighted by atomic mass is 32.1. The number of aromatic nitrogens is 2. The Morgan fingerprint density at radius 2 is 1.82 bits per heavy atom. The molecule has 1 N–H and O–H groups in total. The van der Waals surface area contributed by atoms with E-state index in [1.54, 1.807) is 0 Å². The lowest BCUT2D eigenvalue weighted by Crippen LogP contribution is -2.48. The molecule has 11 heteroatoms. The second-order valence-corrected chi connectivity index (χ2v) is 7.95. The maximum absolute atomic E-state index is 12.9. The molecule has 2 aromatic heterocycles. The molecule has 0 aromatic carbocycles. The van der Waals surface area contributed by atoms with E-state index in [9.17, 15) is 36.2 Å². The van der Waals surface area contributed by atoms with E-state index in [-0.39, 0.29) is 29.2 Å². The predicted molar refractivity (Wildman–Crippen MR) is 88.8 cm³/mol. The van der Waals surface area contributed by atoms with Crippen LogP contribution in [0.3, 0.4) is 0 Å². The normalized spacial score (nSPS) is 23.8. The zero-order valence-corrected chi connectivity index (χ0v) is 15.4. The molecular formula is C17H16F6N2O2S. The number of alkyl halides is 6. The van der Waals surface area contributed by atoms with Crippen molar-refractivity contribution in [3.8, 4) is 10.6 Å². The maximum Gasteiger partial charge on any atom is 0.433 e. The van der Waals surface area contributed by atoms with Crippen molar-refractivity contribution in [3.63, 3.8) is 0 Å². The third-order valence-electron chi connectivity index (χ3n) is 4.98. The number of aliphatic hydroxyl groups is 1. The van der Waals surface area contributed by atoms with E-state index in [0.29, 0.717) is 9.56 Å². The summed E-state index contributed by atoms with van der Waals surface area (Å²) in [6.45, 7) is 0. The number of ketones is 1. The van der Waals surface area contributed by atoms with Crippen molar-refractivity contribution in [1.29, 1.82) is 0 Å². The smallest absolute Gasteiger partial charge is 0.380 e. The van der Waals surface area contributed by atoms with Gasteiger partial charge in [0.1, 0.15) is 11.4 Å². The maximum atomic E-state index is 12.9. The van der Waals surface area contributed by atoms with Crippen LogP contribution >= 0.6 is 11.3 Å². The Balaban J connectivity index is 1.74. The number of nitrogens with zero attached hydrogens (tertiary/aromatic N) is 2. The van der Waals surface area contributed by atoms with Gasteiger partial charge in [-0.15, -0.1) is 11.3 Å². The number of hydrogen-bond acceptors (Lipinski definition) is 4. The molecule has 4 nitrogen and oxygen atoms in total. The summed E-state index contributed by atoms with van der Waals surface area (Å²) in [5, 5.41) is 13.5. The van der Waals surface area contributed by atoms with Crippen molar-refractivity contribution in [2.24, 2.45) is 13.0 Å². The van der Waals surface area contributed by atoms with Crippen molar-refractivity contribution < 1.29 is 36.2 Å².